The summed E-state index contributed by atoms with van der Waals surface area (Å²) >= 11 is 0. The van der Waals surface area contributed by atoms with Crippen LogP contribution in [0.1, 0.15) is 6.92 Å². The molecule has 1 aromatic heterocycles. The fourth-order valence-corrected chi connectivity index (χ4v) is 1.90. The van der Waals surface area contributed by atoms with Crippen LogP contribution < -0.4 is 14.8 Å². The number of aromatic nitrogens is 1. The second-order valence-corrected chi connectivity index (χ2v) is 4.03. The van der Waals surface area contributed by atoms with Crippen LogP contribution in [0.2, 0.25) is 0 Å². The predicted octanol–water partition coefficient (Wildman–Crippen LogP) is 3.20. The third-order valence-electron chi connectivity index (χ3n) is 2.83. The van der Waals surface area contributed by atoms with Gasteiger partial charge in [-0.3, -0.25) is 4.98 Å². The molecule has 0 saturated heterocycles. The molecule has 0 unspecified atom stereocenters. The Morgan fingerprint density at radius 2 is 1.95 bits per heavy atom. The number of hydrogen-bond acceptors (Lipinski definition) is 4. The molecule has 0 saturated carbocycles. The standard InChI is InChI=1S/C15H18N2O2/c1-4-16-11-7-8-17-14(9-11)13-6-5-12(18-2)10-15(13)19-3/h5-10H,4H2,1-3H3,(H,16,17). The molecule has 2 rings (SSSR count). The average molecular weight is 258 g/mol. The summed E-state index contributed by atoms with van der Waals surface area (Å²) in [6.45, 7) is 2.94. The number of methoxy groups -OCH3 is 2. The van der Waals surface area contributed by atoms with Gasteiger partial charge in [0.05, 0.1) is 19.9 Å². The first-order valence-electron chi connectivity index (χ1n) is 6.20. The van der Waals surface area contributed by atoms with Crippen molar-refractivity contribution in [1.29, 1.82) is 0 Å². The van der Waals surface area contributed by atoms with E-state index in [1.165, 1.54) is 0 Å². The molecule has 4 heteroatoms. The molecule has 1 N–H and O–H groups in total. The van der Waals surface area contributed by atoms with Crippen LogP contribution in [0, 0.1) is 0 Å². The Bertz CT molecular complexity index is 556. The van der Waals surface area contributed by atoms with Gasteiger partial charge in [0, 0.05) is 30.1 Å². The highest BCUT2D eigenvalue weighted by molar-refractivity contribution is 5.71. The van der Waals surface area contributed by atoms with E-state index in [4.69, 9.17) is 9.47 Å². The third kappa shape index (κ3) is 2.96. The summed E-state index contributed by atoms with van der Waals surface area (Å²) in [4.78, 5) is 4.40. The monoisotopic (exact) mass is 258 g/mol. The summed E-state index contributed by atoms with van der Waals surface area (Å²) in [6, 6.07) is 9.67. The first-order valence-corrected chi connectivity index (χ1v) is 6.20. The number of benzene rings is 1. The molecular formula is C15H18N2O2. The zero-order valence-corrected chi connectivity index (χ0v) is 11.4. The van der Waals surface area contributed by atoms with Gasteiger partial charge in [0.25, 0.3) is 0 Å². The lowest BCUT2D eigenvalue weighted by atomic mass is 10.1. The van der Waals surface area contributed by atoms with Crippen LogP contribution >= 0.6 is 0 Å². The van der Waals surface area contributed by atoms with E-state index >= 15 is 0 Å². The van der Waals surface area contributed by atoms with Crippen LogP contribution in [0.15, 0.2) is 36.5 Å². The van der Waals surface area contributed by atoms with Crippen molar-refractivity contribution in [3.8, 4) is 22.8 Å². The minimum absolute atomic E-state index is 0.750. The smallest absolute Gasteiger partial charge is 0.131 e. The van der Waals surface area contributed by atoms with E-state index in [1.807, 2.05) is 30.3 Å². The Labute approximate surface area is 113 Å². The maximum atomic E-state index is 5.40. The molecule has 0 aliphatic carbocycles. The fraction of sp³-hybridized carbons (Fsp3) is 0.267. The molecule has 0 aliphatic heterocycles. The fourth-order valence-electron chi connectivity index (χ4n) is 1.90. The van der Waals surface area contributed by atoms with Gasteiger partial charge in [-0.15, -0.1) is 0 Å². The van der Waals surface area contributed by atoms with Crippen LogP contribution in [-0.2, 0) is 0 Å². The minimum Gasteiger partial charge on any atom is -0.497 e. The Kier molecular flexibility index (Phi) is 4.23. The molecule has 0 fully saturated rings. The number of ether oxygens (including phenoxy) is 2. The summed E-state index contributed by atoms with van der Waals surface area (Å²) in [5, 5.41) is 3.27. The second kappa shape index (κ2) is 6.09. The van der Waals surface area contributed by atoms with E-state index in [0.29, 0.717) is 0 Å². The van der Waals surface area contributed by atoms with E-state index < -0.39 is 0 Å². The van der Waals surface area contributed by atoms with Crippen molar-refractivity contribution in [3.05, 3.63) is 36.5 Å². The molecule has 2 aromatic rings. The van der Waals surface area contributed by atoms with Crippen molar-refractivity contribution in [2.75, 3.05) is 26.1 Å². The number of anilines is 1. The molecule has 0 bridgehead atoms. The molecule has 4 nitrogen and oxygen atoms in total. The average Bonchev–Trinajstić information content (AvgIpc) is 2.47. The van der Waals surface area contributed by atoms with Crippen molar-refractivity contribution in [3.63, 3.8) is 0 Å². The molecule has 0 amide bonds. The molecule has 19 heavy (non-hydrogen) atoms. The molecule has 1 aromatic carbocycles. The first-order chi connectivity index (χ1) is 9.28. The van der Waals surface area contributed by atoms with Crippen LogP contribution in [0.25, 0.3) is 11.3 Å². The highest BCUT2D eigenvalue weighted by Gasteiger charge is 2.09. The maximum absolute atomic E-state index is 5.40. The molecular weight excluding hydrogens is 240 g/mol. The van der Waals surface area contributed by atoms with Gasteiger partial charge in [0.1, 0.15) is 11.5 Å². The predicted molar refractivity (Wildman–Crippen MR) is 76.9 cm³/mol. The topological polar surface area (TPSA) is 43.4 Å². The SMILES string of the molecule is CCNc1ccnc(-c2ccc(OC)cc2OC)c1. The maximum Gasteiger partial charge on any atom is 0.131 e. The lowest BCUT2D eigenvalue weighted by Crippen LogP contribution is -1.97. The number of pyridine rings is 1. The molecule has 100 valence electrons. The Balaban J connectivity index is 2.43. The van der Waals surface area contributed by atoms with Crippen molar-refractivity contribution >= 4 is 5.69 Å². The summed E-state index contributed by atoms with van der Waals surface area (Å²) in [5.41, 5.74) is 2.87. The zero-order valence-electron chi connectivity index (χ0n) is 11.4. The van der Waals surface area contributed by atoms with Crippen molar-refractivity contribution in [2.45, 2.75) is 6.92 Å². The highest BCUT2D eigenvalue weighted by Crippen LogP contribution is 2.32. The van der Waals surface area contributed by atoms with E-state index in [-0.39, 0.29) is 0 Å². The lowest BCUT2D eigenvalue weighted by Gasteiger charge is -2.11. The molecule has 1 heterocycles. The van der Waals surface area contributed by atoms with Gasteiger partial charge in [0.2, 0.25) is 0 Å². The van der Waals surface area contributed by atoms with Crippen LogP contribution in [0.5, 0.6) is 11.5 Å². The van der Waals surface area contributed by atoms with Gasteiger partial charge in [-0.2, -0.15) is 0 Å². The van der Waals surface area contributed by atoms with Crippen molar-refractivity contribution in [1.82, 2.24) is 4.98 Å². The summed E-state index contributed by atoms with van der Waals surface area (Å²) in [7, 11) is 3.28. The Morgan fingerprint density at radius 1 is 1.11 bits per heavy atom. The zero-order chi connectivity index (χ0) is 13.7. The van der Waals surface area contributed by atoms with Crippen LogP contribution in [-0.4, -0.2) is 25.7 Å². The van der Waals surface area contributed by atoms with E-state index in [9.17, 15) is 0 Å². The lowest BCUT2D eigenvalue weighted by molar-refractivity contribution is 0.395. The summed E-state index contributed by atoms with van der Waals surface area (Å²) in [5.74, 6) is 1.52. The summed E-state index contributed by atoms with van der Waals surface area (Å²) < 4.78 is 10.6. The normalized spacial score (nSPS) is 10.1. The highest BCUT2D eigenvalue weighted by atomic mass is 16.5. The van der Waals surface area contributed by atoms with Crippen molar-refractivity contribution < 1.29 is 9.47 Å². The number of nitrogens with zero attached hydrogens (tertiary/aromatic N) is 1. The first kappa shape index (κ1) is 13.2. The van der Waals surface area contributed by atoms with Crippen LogP contribution in [0.3, 0.4) is 0 Å². The molecule has 0 spiro atoms. The molecule has 0 atom stereocenters. The van der Waals surface area contributed by atoms with Gasteiger partial charge in [-0.05, 0) is 31.2 Å². The Hall–Kier alpha value is -2.23. The molecule has 0 radical (unpaired) electrons. The van der Waals surface area contributed by atoms with Crippen molar-refractivity contribution in [2.24, 2.45) is 0 Å². The van der Waals surface area contributed by atoms with E-state index in [2.05, 4.69) is 17.2 Å². The van der Waals surface area contributed by atoms with Gasteiger partial charge < -0.3 is 14.8 Å². The third-order valence-corrected chi connectivity index (χ3v) is 2.83. The summed E-state index contributed by atoms with van der Waals surface area (Å²) in [6.07, 6.45) is 1.79. The molecule has 0 aliphatic rings. The second-order valence-electron chi connectivity index (χ2n) is 4.03. The van der Waals surface area contributed by atoms with Gasteiger partial charge >= 0.3 is 0 Å². The van der Waals surface area contributed by atoms with Gasteiger partial charge in [-0.25, -0.2) is 0 Å². The quantitative estimate of drug-likeness (QED) is 0.894. The van der Waals surface area contributed by atoms with Crippen LogP contribution in [0.4, 0.5) is 5.69 Å². The number of rotatable bonds is 5. The van der Waals surface area contributed by atoms with Gasteiger partial charge in [-0.1, -0.05) is 0 Å². The Morgan fingerprint density at radius 3 is 2.63 bits per heavy atom. The van der Waals surface area contributed by atoms with E-state index in [0.717, 1.165) is 35.0 Å². The number of nitrogens with one attached hydrogen (secondary N) is 1. The van der Waals surface area contributed by atoms with Gasteiger partial charge in [0.15, 0.2) is 0 Å². The largest absolute Gasteiger partial charge is 0.497 e. The number of hydrogen-bond donors (Lipinski definition) is 1. The van der Waals surface area contributed by atoms with E-state index in [1.54, 1.807) is 20.4 Å². The minimum atomic E-state index is 0.750.